The first-order chi connectivity index (χ1) is 20.8. The number of fused-ring (bicyclic) bond motifs is 1. The van der Waals surface area contributed by atoms with Gasteiger partial charge in [-0.15, -0.1) is 12.4 Å². The van der Waals surface area contributed by atoms with Crippen molar-refractivity contribution in [3.05, 3.63) is 88.5 Å². The van der Waals surface area contributed by atoms with E-state index in [0.717, 1.165) is 81.6 Å². The van der Waals surface area contributed by atoms with Crippen molar-refractivity contribution < 1.29 is 27.8 Å². The molecule has 2 N–H and O–H groups in total. The quantitative estimate of drug-likeness (QED) is 0.216. The second-order valence-corrected chi connectivity index (χ2v) is 11.6. The van der Waals surface area contributed by atoms with Gasteiger partial charge in [0.25, 0.3) is 5.91 Å². The molecule has 0 bridgehead atoms. The summed E-state index contributed by atoms with van der Waals surface area (Å²) in [6.45, 7) is 4.05. The van der Waals surface area contributed by atoms with Gasteiger partial charge in [0, 0.05) is 12.1 Å². The maximum Gasteiger partial charge on any atom is 0.416 e. The molecule has 9 heteroatoms. The molecule has 0 spiro atoms. The molecule has 1 amide bonds. The summed E-state index contributed by atoms with van der Waals surface area (Å²) < 4.78 is 44.5. The van der Waals surface area contributed by atoms with Gasteiger partial charge in [0.1, 0.15) is 12.4 Å². The molecule has 0 saturated carbocycles. The number of halogens is 4. The monoisotopic (exact) mass is 630 g/mol. The smallest absolute Gasteiger partial charge is 0.416 e. The number of ether oxygens (including phenoxy) is 1. The Labute approximate surface area is 264 Å². The summed E-state index contributed by atoms with van der Waals surface area (Å²) >= 11 is 0. The number of rotatable bonds is 11. The normalized spacial score (nSPS) is 15.7. The van der Waals surface area contributed by atoms with E-state index in [0.29, 0.717) is 30.2 Å². The third-order valence-corrected chi connectivity index (χ3v) is 8.76. The average Bonchev–Trinajstić information content (AvgIpc) is 3.03. The molecule has 0 atom stereocenters. The fourth-order valence-corrected chi connectivity index (χ4v) is 6.35. The van der Waals surface area contributed by atoms with E-state index >= 15 is 0 Å². The molecule has 44 heavy (non-hydrogen) atoms. The number of carbonyl (C=O) groups is 1. The van der Waals surface area contributed by atoms with E-state index in [4.69, 9.17) is 4.74 Å². The van der Waals surface area contributed by atoms with Gasteiger partial charge in [-0.25, -0.2) is 0 Å². The third kappa shape index (κ3) is 8.55. The average molecular weight is 631 g/mol. The first-order valence-corrected chi connectivity index (χ1v) is 15.5. The van der Waals surface area contributed by atoms with E-state index in [9.17, 15) is 23.1 Å². The molecule has 0 aromatic heterocycles. The Kier molecular flexibility index (Phi) is 12.1. The van der Waals surface area contributed by atoms with Crippen LogP contribution in [0.5, 0.6) is 5.75 Å². The van der Waals surface area contributed by atoms with E-state index in [1.807, 2.05) is 0 Å². The Morgan fingerprint density at radius 2 is 1.57 bits per heavy atom. The zero-order valence-corrected chi connectivity index (χ0v) is 25.8. The molecule has 2 aliphatic rings. The van der Waals surface area contributed by atoms with E-state index in [2.05, 4.69) is 22.3 Å². The molecular weight excluding hydrogens is 589 g/mol. The van der Waals surface area contributed by atoms with Crippen molar-refractivity contribution in [3.8, 4) is 16.9 Å². The second kappa shape index (κ2) is 15.8. The van der Waals surface area contributed by atoms with Crippen LogP contribution in [0.3, 0.4) is 0 Å². The highest BCUT2D eigenvalue weighted by molar-refractivity contribution is 5.94. The molecule has 0 radical (unpaired) electrons. The lowest BCUT2D eigenvalue weighted by atomic mass is 9.83. The Balaban J connectivity index is 0.00000442. The highest BCUT2D eigenvalue weighted by atomic mass is 35.5. The summed E-state index contributed by atoms with van der Waals surface area (Å²) in [6, 6.07) is 16.5. The standard InChI is InChI=1S/C35H41F3N2O3.ClH/c36-35(37,38)30-14-11-26(12-15-30)25-7-9-29(10-8-25)34(42)39-19-3-4-20-40-21-17-28(18-22-40)32-16-13-27-5-1-2-6-31(27)33(32)43-24-23-41;/h7-16,28,41H,1-6,17-24H2,(H,39,42);1H. The first kappa shape index (κ1) is 33.8. The zero-order valence-electron chi connectivity index (χ0n) is 25.0. The minimum Gasteiger partial charge on any atom is -0.491 e. The number of hydrogen-bond donors (Lipinski definition) is 2. The number of amides is 1. The molecule has 1 aliphatic carbocycles. The van der Waals surface area contributed by atoms with Gasteiger partial charge in [-0.2, -0.15) is 13.2 Å². The Bertz CT molecular complexity index is 1360. The molecule has 3 aromatic carbocycles. The van der Waals surface area contributed by atoms with Crippen LogP contribution < -0.4 is 10.1 Å². The van der Waals surface area contributed by atoms with Crippen molar-refractivity contribution in [2.75, 3.05) is 39.4 Å². The van der Waals surface area contributed by atoms with Crippen molar-refractivity contribution in [2.45, 2.75) is 63.5 Å². The summed E-state index contributed by atoms with van der Waals surface area (Å²) in [5.74, 6) is 1.36. The lowest BCUT2D eigenvalue weighted by molar-refractivity contribution is -0.137. The number of nitrogens with one attached hydrogen (secondary N) is 1. The number of benzene rings is 3. The van der Waals surface area contributed by atoms with Crippen LogP contribution in [-0.2, 0) is 19.0 Å². The third-order valence-electron chi connectivity index (χ3n) is 8.76. The molecule has 3 aromatic rings. The van der Waals surface area contributed by atoms with Crippen molar-refractivity contribution >= 4 is 18.3 Å². The molecule has 0 unspecified atom stereocenters. The number of likely N-dealkylation sites (tertiary alicyclic amines) is 1. The fraction of sp³-hybridized carbons (Fsp3) is 0.457. The second-order valence-electron chi connectivity index (χ2n) is 11.6. The van der Waals surface area contributed by atoms with Crippen molar-refractivity contribution in [1.82, 2.24) is 10.2 Å². The van der Waals surface area contributed by atoms with Gasteiger partial charge in [0.05, 0.1) is 12.2 Å². The number of carbonyl (C=O) groups excluding carboxylic acids is 1. The molecule has 1 heterocycles. The Morgan fingerprint density at radius 3 is 2.23 bits per heavy atom. The number of hydrogen-bond acceptors (Lipinski definition) is 4. The highest BCUT2D eigenvalue weighted by Crippen LogP contribution is 2.40. The predicted molar refractivity (Wildman–Crippen MR) is 170 cm³/mol. The van der Waals surface area contributed by atoms with Crippen LogP contribution in [0.4, 0.5) is 13.2 Å². The van der Waals surface area contributed by atoms with E-state index < -0.39 is 11.7 Å². The molecular formula is C35H42ClF3N2O3. The Hall–Kier alpha value is -3.07. The Morgan fingerprint density at radius 1 is 0.909 bits per heavy atom. The van der Waals surface area contributed by atoms with Gasteiger partial charge in [-0.3, -0.25) is 4.79 Å². The van der Waals surface area contributed by atoms with Gasteiger partial charge in [0.15, 0.2) is 0 Å². The molecule has 5 nitrogen and oxygen atoms in total. The van der Waals surface area contributed by atoms with Gasteiger partial charge in [-0.1, -0.05) is 36.4 Å². The summed E-state index contributed by atoms with van der Waals surface area (Å²) in [5.41, 5.74) is 5.35. The number of piperidine rings is 1. The molecule has 1 fully saturated rings. The van der Waals surface area contributed by atoms with Gasteiger partial charge in [0.2, 0.25) is 0 Å². The van der Waals surface area contributed by atoms with E-state index in [1.165, 1.54) is 41.7 Å². The number of aliphatic hydroxyl groups excluding tert-OH is 1. The lowest BCUT2D eigenvalue weighted by Gasteiger charge is -2.34. The molecule has 238 valence electrons. The number of nitrogens with zero attached hydrogens (tertiary/aromatic N) is 1. The van der Waals surface area contributed by atoms with Crippen LogP contribution in [0.2, 0.25) is 0 Å². The number of aryl methyl sites for hydroxylation is 1. The van der Waals surface area contributed by atoms with Crippen LogP contribution in [0.15, 0.2) is 60.7 Å². The van der Waals surface area contributed by atoms with E-state index in [1.54, 1.807) is 24.3 Å². The highest BCUT2D eigenvalue weighted by Gasteiger charge is 2.30. The largest absolute Gasteiger partial charge is 0.491 e. The van der Waals surface area contributed by atoms with Crippen LogP contribution in [-0.4, -0.2) is 55.3 Å². The van der Waals surface area contributed by atoms with Gasteiger partial charge in [-0.05, 0) is 129 Å². The van der Waals surface area contributed by atoms with Crippen molar-refractivity contribution in [3.63, 3.8) is 0 Å². The summed E-state index contributed by atoms with van der Waals surface area (Å²) in [7, 11) is 0. The predicted octanol–water partition coefficient (Wildman–Crippen LogP) is 7.43. The van der Waals surface area contributed by atoms with Crippen molar-refractivity contribution in [2.24, 2.45) is 0 Å². The molecule has 1 saturated heterocycles. The van der Waals surface area contributed by atoms with Gasteiger partial charge >= 0.3 is 6.18 Å². The maximum atomic E-state index is 12.8. The van der Waals surface area contributed by atoms with Crippen LogP contribution in [0.25, 0.3) is 11.1 Å². The molecule has 5 rings (SSSR count). The maximum absolute atomic E-state index is 12.8. The summed E-state index contributed by atoms with van der Waals surface area (Å²) in [4.78, 5) is 15.1. The summed E-state index contributed by atoms with van der Waals surface area (Å²) in [5, 5.41) is 12.4. The number of alkyl halides is 3. The minimum atomic E-state index is -4.36. The fourth-order valence-electron chi connectivity index (χ4n) is 6.35. The van der Waals surface area contributed by atoms with Crippen LogP contribution in [0.1, 0.15) is 77.1 Å². The number of aliphatic hydroxyl groups is 1. The first-order valence-electron chi connectivity index (χ1n) is 15.5. The van der Waals surface area contributed by atoms with Gasteiger partial charge < -0.3 is 20.1 Å². The van der Waals surface area contributed by atoms with Crippen LogP contribution in [0, 0.1) is 0 Å². The van der Waals surface area contributed by atoms with E-state index in [-0.39, 0.29) is 24.9 Å². The summed E-state index contributed by atoms with van der Waals surface area (Å²) in [6.07, 6.45) is 4.32. The number of unbranched alkanes of at least 4 members (excludes halogenated alkanes) is 1. The van der Waals surface area contributed by atoms with Crippen LogP contribution >= 0.6 is 12.4 Å². The lowest BCUT2D eigenvalue weighted by Crippen LogP contribution is -2.34. The topological polar surface area (TPSA) is 61.8 Å². The van der Waals surface area contributed by atoms with Crippen molar-refractivity contribution in [1.29, 1.82) is 0 Å². The minimum absolute atomic E-state index is 0. The zero-order chi connectivity index (χ0) is 30.2. The molecule has 1 aliphatic heterocycles. The SMILES string of the molecule is Cl.O=C(NCCCCN1CCC(c2ccc3c(c2OCCO)CCCC3)CC1)c1ccc(-c2ccc(C(F)(F)F)cc2)cc1.